The normalized spacial score (nSPS) is 22.2. The van der Waals surface area contributed by atoms with Gasteiger partial charge in [0.05, 0.1) is 0 Å². The summed E-state index contributed by atoms with van der Waals surface area (Å²) in [5.41, 5.74) is 0.323. The van der Waals surface area contributed by atoms with E-state index in [1.54, 1.807) is 0 Å². The molecule has 15 heavy (non-hydrogen) atoms. The molecular formula is C10H8F3NO. The minimum Gasteiger partial charge on any atom is -0.326 e. The molecule has 1 N–H and O–H groups in total. The summed E-state index contributed by atoms with van der Waals surface area (Å²) >= 11 is 0. The molecule has 0 spiro atoms. The monoisotopic (exact) mass is 215 g/mol. The zero-order chi connectivity index (χ0) is 11.1. The molecule has 1 aliphatic carbocycles. The predicted molar refractivity (Wildman–Crippen MR) is 48.1 cm³/mol. The van der Waals surface area contributed by atoms with E-state index >= 15 is 0 Å². The Morgan fingerprint density at radius 1 is 1.33 bits per heavy atom. The predicted octanol–water partition coefficient (Wildman–Crippen LogP) is 2.42. The fourth-order valence-electron chi connectivity index (χ4n) is 1.26. The van der Waals surface area contributed by atoms with Gasteiger partial charge in [-0.3, -0.25) is 4.79 Å². The van der Waals surface area contributed by atoms with Crippen molar-refractivity contribution >= 4 is 11.6 Å². The van der Waals surface area contributed by atoms with Crippen molar-refractivity contribution in [2.75, 3.05) is 5.32 Å². The number of nitrogens with one attached hydrogen (secondary N) is 1. The summed E-state index contributed by atoms with van der Waals surface area (Å²) in [5, 5.41) is 2.30. The summed E-state index contributed by atoms with van der Waals surface area (Å²) in [6.45, 7) is 0. The average molecular weight is 215 g/mol. The maximum atomic E-state index is 12.5. The molecule has 0 aliphatic heterocycles. The van der Waals surface area contributed by atoms with E-state index in [9.17, 15) is 18.0 Å². The number of carbonyl (C=O) groups is 1. The molecule has 0 bridgehead atoms. The highest BCUT2D eigenvalue weighted by Crippen LogP contribution is 2.49. The molecule has 5 heteroatoms. The third kappa shape index (κ3) is 2.11. The van der Waals surface area contributed by atoms with Gasteiger partial charge in [-0.05, 0) is 24.3 Å². The van der Waals surface area contributed by atoms with Crippen LogP contribution in [0.15, 0.2) is 24.3 Å². The van der Waals surface area contributed by atoms with Gasteiger partial charge in [-0.2, -0.15) is 0 Å². The largest absolute Gasteiger partial charge is 0.326 e. The van der Waals surface area contributed by atoms with Crippen LogP contribution in [0.3, 0.4) is 0 Å². The third-order valence-electron chi connectivity index (χ3n) is 2.25. The average Bonchev–Trinajstić information content (AvgIpc) is 2.79. The molecule has 1 atom stereocenters. The molecule has 0 heterocycles. The molecule has 0 aromatic heterocycles. The molecular weight excluding hydrogens is 207 g/mol. The lowest BCUT2D eigenvalue weighted by atomic mass is 10.3. The second kappa shape index (κ2) is 3.25. The van der Waals surface area contributed by atoms with Crippen LogP contribution in [-0.4, -0.2) is 11.8 Å². The Hall–Kier alpha value is -1.52. The molecule has 80 valence electrons. The Morgan fingerprint density at radius 3 is 2.33 bits per heavy atom. The Bertz CT molecular complexity index is 388. The van der Waals surface area contributed by atoms with Crippen LogP contribution < -0.4 is 5.32 Å². The molecule has 2 rings (SSSR count). The van der Waals surface area contributed by atoms with E-state index in [1.165, 1.54) is 12.1 Å². The number of benzene rings is 1. The second-order valence-corrected chi connectivity index (χ2v) is 3.51. The molecule has 1 fully saturated rings. The van der Waals surface area contributed by atoms with E-state index in [4.69, 9.17) is 0 Å². The highest BCUT2D eigenvalue weighted by Gasteiger charge is 2.61. The zero-order valence-corrected chi connectivity index (χ0v) is 7.64. The smallest absolute Gasteiger partial charge is 0.260 e. The van der Waals surface area contributed by atoms with E-state index in [2.05, 4.69) is 5.32 Å². The van der Waals surface area contributed by atoms with Crippen LogP contribution in [0.1, 0.15) is 6.42 Å². The van der Waals surface area contributed by atoms with E-state index in [1.807, 2.05) is 0 Å². The van der Waals surface area contributed by atoms with Crippen molar-refractivity contribution in [1.82, 2.24) is 0 Å². The first-order chi connectivity index (χ1) is 6.99. The first-order valence-electron chi connectivity index (χ1n) is 4.43. The standard InChI is InChI=1S/C10H8F3NO/c11-6-1-3-7(4-2-6)14-9(15)8-5-10(8,12)13/h1-4,8H,5H2,(H,14,15). The van der Waals surface area contributed by atoms with Crippen LogP contribution in [0.4, 0.5) is 18.9 Å². The third-order valence-corrected chi connectivity index (χ3v) is 2.25. The van der Waals surface area contributed by atoms with E-state index in [0.717, 1.165) is 12.1 Å². The lowest BCUT2D eigenvalue weighted by Gasteiger charge is -2.03. The lowest BCUT2D eigenvalue weighted by molar-refractivity contribution is -0.119. The van der Waals surface area contributed by atoms with Crippen LogP contribution in [0.25, 0.3) is 0 Å². The summed E-state index contributed by atoms with van der Waals surface area (Å²) < 4.78 is 37.5. The summed E-state index contributed by atoms with van der Waals surface area (Å²) in [4.78, 5) is 11.2. The number of hydrogen-bond donors (Lipinski definition) is 1. The van der Waals surface area contributed by atoms with Crippen molar-refractivity contribution < 1.29 is 18.0 Å². The Labute approximate surface area is 84.1 Å². The molecule has 1 aromatic carbocycles. The maximum absolute atomic E-state index is 12.5. The van der Waals surface area contributed by atoms with Crippen molar-refractivity contribution in [2.24, 2.45) is 5.92 Å². The minimum absolute atomic E-state index is 0.323. The zero-order valence-electron chi connectivity index (χ0n) is 7.64. The minimum atomic E-state index is -2.87. The van der Waals surface area contributed by atoms with Crippen molar-refractivity contribution in [2.45, 2.75) is 12.3 Å². The number of anilines is 1. The summed E-state index contributed by atoms with van der Waals surface area (Å²) in [5.74, 6) is -5.26. The molecule has 2 nitrogen and oxygen atoms in total. The highest BCUT2D eigenvalue weighted by molar-refractivity contribution is 5.95. The lowest BCUT2D eigenvalue weighted by Crippen LogP contribution is -2.17. The van der Waals surface area contributed by atoms with E-state index < -0.39 is 30.0 Å². The van der Waals surface area contributed by atoms with Crippen molar-refractivity contribution in [3.63, 3.8) is 0 Å². The van der Waals surface area contributed by atoms with Gasteiger partial charge in [0.25, 0.3) is 5.92 Å². The van der Waals surface area contributed by atoms with Crippen LogP contribution in [0.2, 0.25) is 0 Å². The Kier molecular flexibility index (Phi) is 2.17. The van der Waals surface area contributed by atoms with Gasteiger partial charge in [-0.15, -0.1) is 0 Å². The van der Waals surface area contributed by atoms with Crippen molar-refractivity contribution in [1.29, 1.82) is 0 Å². The van der Waals surface area contributed by atoms with Gasteiger partial charge in [0.15, 0.2) is 0 Å². The summed E-state index contributed by atoms with van der Waals surface area (Å²) in [6.07, 6.45) is -0.403. The molecule has 1 amide bonds. The van der Waals surface area contributed by atoms with Gasteiger partial charge in [-0.25, -0.2) is 13.2 Å². The van der Waals surface area contributed by atoms with Crippen LogP contribution in [-0.2, 0) is 4.79 Å². The SMILES string of the molecule is O=C(Nc1ccc(F)cc1)C1CC1(F)F. The van der Waals surface area contributed by atoms with Gasteiger partial charge in [0.2, 0.25) is 5.91 Å². The molecule has 0 radical (unpaired) electrons. The molecule has 1 aliphatic rings. The van der Waals surface area contributed by atoms with Gasteiger partial charge in [0.1, 0.15) is 11.7 Å². The first kappa shape index (κ1) is 10.0. The topological polar surface area (TPSA) is 29.1 Å². The first-order valence-corrected chi connectivity index (χ1v) is 4.43. The number of halogens is 3. The fraction of sp³-hybridized carbons (Fsp3) is 0.300. The van der Waals surface area contributed by atoms with Gasteiger partial charge in [0, 0.05) is 12.1 Å². The highest BCUT2D eigenvalue weighted by atomic mass is 19.3. The Balaban J connectivity index is 1.98. The summed E-state index contributed by atoms with van der Waals surface area (Å²) in [7, 11) is 0. The Morgan fingerprint density at radius 2 is 1.87 bits per heavy atom. The van der Waals surface area contributed by atoms with Crippen LogP contribution in [0.5, 0.6) is 0 Å². The number of rotatable bonds is 2. The maximum Gasteiger partial charge on any atom is 0.260 e. The van der Waals surface area contributed by atoms with E-state index in [0.29, 0.717) is 5.69 Å². The van der Waals surface area contributed by atoms with Crippen LogP contribution >= 0.6 is 0 Å². The molecule has 1 unspecified atom stereocenters. The second-order valence-electron chi connectivity index (χ2n) is 3.51. The quantitative estimate of drug-likeness (QED) is 0.806. The van der Waals surface area contributed by atoms with Gasteiger partial charge < -0.3 is 5.32 Å². The van der Waals surface area contributed by atoms with Gasteiger partial charge in [-0.1, -0.05) is 0 Å². The summed E-state index contributed by atoms with van der Waals surface area (Å²) in [6, 6.07) is 4.96. The number of carbonyl (C=O) groups excluding carboxylic acids is 1. The molecule has 1 aromatic rings. The number of hydrogen-bond acceptors (Lipinski definition) is 1. The molecule has 1 saturated carbocycles. The van der Waals surface area contributed by atoms with Crippen molar-refractivity contribution in [3.05, 3.63) is 30.1 Å². The number of alkyl halides is 2. The van der Waals surface area contributed by atoms with Crippen LogP contribution in [0, 0.1) is 11.7 Å². The van der Waals surface area contributed by atoms with E-state index in [-0.39, 0.29) is 0 Å². The fourth-order valence-corrected chi connectivity index (χ4v) is 1.26. The molecule has 0 saturated heterocycles. The number of amides is 1. The van der Waals surface area contributed by atoms with Crippen molar-refractivity contribution in [3.8, 4) is 0 Å². The van der Waals surface area contributed by atoms with Gasteiger partial charge >= 0.3 is 0 Å².